The molecule has 2 rings (SSSR count). The van der Waals surface area contributed by atoms with Gasteiger partial charge in [0, 0.05) is 24.3 Å². The molecule has 1 saturated heterocycles. The summed E-state index contributed by atoms with van der Waals surface area (Å²) in [5, 5.41) is 0. The minimum Gasteiger partial charge on any atom is -0.370 e. The van der Waals surface area contributed by atoms with Crippen molar-refractivity contribution in [3.8, 4) is 0 Å². The molecular weight excluding hydrogens is 216 g/mol. The molecule has 4 heteroatoms. The Bertz CT molecular complexity index is 457. The summed E-state index contributed by atoms with van der Waals surface area (Å²) < 4.78 is 0. The average molecular weight is 232 g/mol. The Morgan fingerprint density at radius 3 is 2.82 bits per heavy atom. The van der Waals surface area contributed by atoms with Gasteiger partial charge in [0.15, 0.2) is 0 Å². The number of carbonyl (C=O) groups is 2. The van der Waals surface area contributed by atoms with Crippen LogP contribution in [-0.4, -0.2) is 25.3 Å². The van der Waals surface area contributed by atoms with Gasteiger partial charge < -0.3 is 10.6 Å². The second-order valence-electron chi connectivity index (χ2n) is 4.50. The predicted molar refractivity (Wildman–Crippen MR) is 66.1 cm³/mol. The van der Waals surface area contributed by atoms with E-state index in [1.54, 1.807) is 6.07 Å². The van der Waals surface area contributed by atoms with Crippen molar-refractivity contribution in [1.82, 2.24) is 0 Å². The summed E-state index contributed by atoms with van der Waals surface area (Å²) in [6.07, 6.45) is 1.65. The van der Waals surface area contributed by atoms with E-state index in [0.717, 1.165) is 30.5 Å². The number of aldehydes is 1. The van der Waals surface area contributed by atoms with Crippen LogP contribution in [0.5, 0.6) is 0 Å². The summed E-state index contributed by atoms with van der Waals surface area (Å²) in [7, 11) is 0. The van der Waals surface area contributed by atoms with Crippen molar-refractivity contribution in [3.63, 3.8) is 0 Å². The molecule has 0 radical (unpaired) electrons. The number of nitrogens with two attached hydrogens (primary N) is 1. The van der Waals surface area contributed by atoms with Crippen molar-refractivity contribution < 1.29 is 9.59 Å². The number of carbonyl (C=O) groups excluding carboxylic acids is 2. The maximum atomic E-state index is 11.1. The number of amides is 1. The number of anilines is 1. The molecule has 1 aliphatic heterocycles. The molecule has 1 atom stereocenters. The second-order valence-corrected chi connectivity index (χ2v) is 4.50. The summed E-state index contributed by atoms with van der Waals surface area (Å²) in [6, 6.07) is 5.59. The zero-order valence-electron chi connectivity index (χ0n) is 9.85. The van der Waals surface area contributed by atoms with Gasteiger partial charge in [0.1, 0.15) is 6.29 Å². The third kappa shape index (κ3) is 2.30. The minimum atomic E-state index is -0.227. The molecule has 0 aliphatic carbocycles. The molecule has 0 bridgehead atoms. The van der Waals surface area contributed by atoms with Crippen LogP contribution in [0.3, 0.4) is 0 Å². The van der Waals surface area contributed by atoms with Crippen LogP contribution in [0.25, 0.3) is 0 Å². The number of hydrogen-bond acceptors (Lipinski definition) is 3. The Labute approximate surface area is 100 Å². The van der Waals surface area contributed by atoms with Crippen molar-refractivity contribution in [3.05, 3.63) is 29.3 Å². The van der Waals surface area contributed by atoms with Crippen molar-refractivity contribution >= 4 is 17.9 Å². The first-order valence-corrected chi connectivity index (χ1v) is 5.72. The number of aryl methyl sites for hydroxylation is 1. The highest BCUT2D eigenvalue weighted by Gasteiger charge is 2.27. The number of hydrogen-bond donors (Lipinski definition) is 1. The summed E-state index contributed by atoms with van der Waals surface area (Å²) in [4.78, 5) is 23.9. The topological polar surface area (TPSA) is 63.4 Å². The lowest BCUT2D eigenvalue weighted by Gasteiger charge is -2.20. The Kier molecular flexibility index (Phi) is 3.13. The molecule has 2 N–H and O–H groups in total. The highest BCUT2D eigenvalue weighted by atomic mass is 16.1. The van der Waals surface area contributed by atoms with Crippen molar-refractivity contribution in [2.24, 2.45) is 11.7 Å². The molecule has 1 aliphatic rings. The van der Waals surface area contributed by atoms with Gasteiger partial charge in [-0.2, -0.15) is 0 Å². The lowest BCUT2D eigenvalue weighted by Crippen LogP contribution is -2.27. The molecule has 1 amide bonds. The van der Waals surface area contributed by atoms with Crippen LogP contribution in [0.15, 0.2) is 18.2 Å². The summed E-state index contributed by atoms with van der Waals surface area (Å²) in [5.74, 6) is -0.283. The van der Waals surface area contributed by atoms with Gasteiger partial charge in [-0.3, -0.25) is 9.59 Å². The van der Waals surface area contributed by atoms with Crippen LogP contribution >= 0.6 is 0 Å². The van der Waals surface area contributed by atoms with E-state index in [9.17, 15) is 9.59 Å². The molecule has 90 valence electrons. The van der Waals surface area contributed by atoms with Crippen molar-refractivity contribution in [2.75, 3.05) is 18.0 Å². The van der Waals surface area contributed by atoms with E-state index < -0.39 is 0 Å². The summed E-state index contributed by atoms with van der Waals surface area (Å²) in [5.41, 5.74) is 8.13. The van der Waals surface area contributed by atoms with E-state index in [4.69, 9.17) is 5.73 Å². The van der Waals surface area contributed by atoms with E-state index in [0.29, 0.717) is 12.1 Å². The van der Waals surface area contributed by atoms with Crippen LogP contribution in [0, 0.1) is 12.8 Å². The normalized spacial score (nSPS) is 19.4. The van der Waals surface area contributed by atoms with Crippen molar-refractivity contribution in [1.29, 1.82) is 0 Å². The zero-order valence-corrected chi connectivity index (χ0v) is 9.85. The number of rotatable bonds is 3. The smallest absolute Gasteiger partial charge is 0.222 e. The SMILES string of the molecule is Cc1cc(C=O)ccc1N1CCC(C(N)=O)C1. The molecule has 1 aromatic rings. The molecule has 0 spiro atoms. The van der Waals surface area contributed by atoms with Gasteiger partial charge in [-0.05, 0) is 37.1 Å². The summed E-state index contributed by atoms with van der Waals surface area (Å²) in [6.45, 7) is 3.49. The maximum Gasteiger partial charge on any atom is 0.222 e. The molecule has 4 nitrogen and oxygen atoms in total. The molecule has 17 heavy (non-hydrogen) atoms. The highest BCUT2D eigenvalue weighted by Crippen LogP contribution is 2.27. The van der Waals surface area contributed by atoms with Crippen LogP contribution in [0.1, 0.15) is 22.3 Å². The third-order valence-corrected chi connectivity index (χ3v) is 3.29. The molecule has 1 heterocycles. The van der Waals surface area contributed by atoms with Gasteiger partial charge in [0.25, 0.3) is 0 Å². The number of primary amides is 1. The molecular formula is C13H16N2O2. The largest absolute Gasteiger partial charge is 0.370 e. The number of nitrogens with zero attached hydrogens (tertiary/aromatic N) is 1. The van der Waals surface area contributed by atoms with Gasteiger partial charge in [0.05, 0.1) is 5.92 Å². The van der Waals surface area contributed by atoms with E-state index in [1.807, 2.05) is 19.1 Å². The first kappa shape index (κ1) is 11.6. The maximum absolute atomic E-state index is 11.1. The van der Waals surface area contributed by atoms with Gasteiger partial charge in [-0.25, -0.2) is 0 Å². The predicted octanol–water partition coefficient (Wildman–Crippen LogP) is 1.12. The minimum absolute atomic E-state index is 0.0554. The number of benzene rings is 1. The van der Waals surface area contributed by atoms with E-state index in [2.05, 4.69) is 4.90 Å². The van der Waals surface area contributed by atoms with Gasteiger partial charge in [-0.1, -0.05) is 0 Å². The quantitative estimate of drug-likeness (QED) is 0.794. The van der Waals surface area contributed by atoms with E-state index >= 15 is 0 Å². The van der Waals surface area contributed by atoms with Crippen LogP contribution < -0.4 is 10.6 Å². The third-order valence-electron chi connectivity index (χ3n) is 3.29. The monoisotopic (exact) mass is 232 g/mol. The zero-order chi connectivity index (χ0) is 12.4. The van der Waals surface area contributed by atoms with Crippen LogP contribution in [0.4, 0.5) is 5.69 Å². The Morgan fingerprint density at radius 1 is 1.53 bits per heavy atom. The van der Waals surface area contributed by atoms with E-state index in [-0.39, 0.29) is 11.8 Å². The van der Waals surface area contributed by atoms with Crippen molar-refractivity contribution in [2.45, 2.75) is 13.3 Å². The first-order valence-electron chi connectivity index (χ1n) is 5.72. The van der Waals surface area contributed by atoms with Gasteiger partial charge in [0.2, 0.25) is 5.91 Å². The highest BCUT2D eigenvalue weighted by molar-refractivity contribution is 5.79. The average Bonchev–Trinajstić information content (AvgIpc) is 2.78. The fourth-order valence-corrected chi connectivity index (χ4v) is 2.32. The van der Waals surface area contributed by atoms with Crippen LogP contribution in [-0.2, 0) is 4.79 Å². The van der Waals surface area contributed by atoms with E-state index in [1.165, 1.54) is 0 Å². The lowest BCUT2D eigenvalue weighted by molar-refractivity contribution is -0.121. The Hall–Kier alpha value is -1.84. The molecule has 1 unspecified atom stereocenters. The van der Waals surface area contributed by atoms with Gasteiger partial charge >= 0.3 is 0 Å². The lowest BCUT2D eigenvalue weighted by atomic mass is 10.1. The molecule has 0 saturated carbocycles. The first-order chi connectivity index (χ1) is 8.11. The molecule has 1 fully saturated rings. The summed E-state index contributed by atoms with van der Waals surface area (Å²) >= 11 is 0. The molecule has 1 aromatic carbocycles. The fraction of sp³-hybridized carbons (Fsp3) is 0.385. The standard InChI is InChI=1S/C13H16N2O2/c1-9-6-10(8-16)2-3-12(9)15-5-4-11(7-15)13(14)17/h2-3,6,8,11H,4-5,7H2,1H3,(H2,14,17). The second kappa shape index (κ2) is 4.57. The fourth-order valence-electron chi connectivity index (χ4n) is 2.32. The van der Waals surface area contributed by atoms with Crippen LogP contribution in [0.2, 0.25) is 0 Å². The Balaban J connectivity index is 2.19. The van der Waals surface area contributed by atoms with Gasteiger partial charge in [-0.15, -0.1) is 0 Å². The Morgan fingerprint density at radius 2 is 2.29 bits per heavy atom. The molecule has 0 aromatic heterocycles.